The second-order valence-corrected chi connectivity index (χ2v) is 6.76. The number of anilines is 1. The summed E-state index contributed by atoms with van der Waals surface area (Å²) in [6.45, 7) is 6.62. The van der Waals surface area contributed by atoms with Gasteiger partial charge in [0, 0.05) is 26.6 Å². The molecule has 0 bridgehead atoms. The Bertz CT molecular complexity index is 346. The van der Waals surface area contributed by atoms with Crippen LogP contribution in [-0.4, -0.2) is 19.8 Å². The highest BCUT2D eigenvalue weighted by Gasteiger charge is 2.05. The van der Waals surface area contributed by atoms with E-state index in [1.54, 1.807) is 0 Å². The summed E-state index contributed by atoms with van der Waals surface area (Å²) in [5.74, 6) is 0.584. The van der Waals surface area contributed by atoms with Crippen LogP contribution >= 0.6 is 47.8 Å². The second-order valence-electron chi connectivity index (χ2n) is 4.14. The van der Waals surface area contributed by atoms with Crippen LogP contribution in [0.25, 0.3) is 0 Å². The van der Waals surface area contributed by atoms with Gasteiger partial charge in [0.2, 0.25) is 0 Å². The normalized spacial score (nSPS) is 10.9. The van der Waals surface area contributed by atoms with Gasteiger partial charge in [0.15, 0.2) is 0 Å². The molecule has 0 saturated heterocycles. The van der Waals surface area contributed by atoms with E-state index >= 15 is 0 Å². The maximum atomic E-state index is 5.52. The molecule has 0 unspecified atom stereocenters. The van der Waals surface area contributed by atoms with Crippen molar-refractivity contribution in [1.29, 1.82) is 0 Å². The van der Waals surface area contributed by atoms with Gasteiger partial charge >= 0.3 is 0 Å². The summed E-state index contributed by atoms with van der Waals surface area (Å²) in [5, 5.41) is 3.34. The zero-order valence-electron chi connectivity index (χ0n) is 9.90. The first kappa shape index (κ1) is 15.5. The molecule has 1 N–H and O–H groups in total. The van der Waals surface area contributed by atoms with Crippen molar-refractivity contribution in [3.05, 3.63) is 25.6 Å². The van der Waals surface area contributed by atoms with Crippen LogP contribution in [0.5, 0.6) is 0 Å². The maximum absolute atomic E-state index is 5.52. The number of hydrogen-bond donors (Lipinski definition) is 1. The Morgan fingerprint density at radius 1 is 1.18 bits per heavy atom. The average Bonchev–Trinajstić information content (AvgIpc) is 2.20. The molecule has 5 heteroatoms. The fraction of sp³-hybridized carbons (Fsp3) is 0.500. The Kier molecular flexibility index (Phi) is 7.07. The highest BCUT2D eigenvalue weighted by Crippen LogP contribution is 2.34. The van der Waals surface area contributed by atoms with Crippen molar-refractivity contribution in [3.8, 4) is 0 Å². The number of ether oxygens (including phenoxy) is 1. The molecule has 96 valence electrons. The molecule has 1 rings (SSSR count). The molecule has 0 spiro atoms. The molecule has 1 aromatic rings. The standard InChI is InChI=1S/C12H16Br3NO/c1-8(2)7-17-4-3-16-12-10(14)5-9(13)6-11(12)15/h5-6,8,16H,3-4,7H2,1-2H3. The summed E-state index contributed by atoms with van der Waals surface area (Å²) in [6, 6.07) is 4.03. The van der Waals surface area contributed by atoms with Gasteiger partial charge in [-0.05, 0) is 49.9 Å². The van der Waals surface area contributed by atoms with Crippen LogP contribution in [0.3, 0.4) is 0 Å². The molecule has 0 aliphatic carbocycles. The topological polar surface area (TPSA) is 21.3 Å². The summed E-state index contributed by atoms with van der Waals surface area (Å²) in [5.41, 5.74) is 1.06. The van der Waals surface area contributed by atoms with Crippen molar-refractivity contribution < 1.29 is 4.74 Å². The minimum atomic E-state index is 0.584. The summed E-state index contributed by atoms with van der Waals surface area (Å²) in [7, 11) is 0. The molecular weight excluding hydrogens is 414 g/mol. The monoisotopic (exact) mass is 427 g/mol. The fourth-order valence-corrected chi connectivity index (χ4v) is 3.82. The first-order chi connectivity index (χ1) is 8.00. The molecule has 0 aliphatic rings. The van der Waals surface area contributed by atoms with E-state index in [9.17, 15) is 0 Å². The van der Waals surface area contributed by atoms with Gasteiger partial charge in [-0.1, -0.05) is 29.8 Å². The minimum absolute atomic E-state index is 0.584. The van der Waals surface area contributed by atoms with Crippen LogP contribution in [0.1, 0.15) is 13.8 Å². The van der Waals surface area contributed by atoms with E-state index in [4.69, 9.17) is 4.74 Å². The first-order valence-electron chi connectivity index (χ1n) is 5.47. The number of halogens is 3. The van der Waals surface area contributed by atoms with Gasteiger partial charge in [-0.15, -0.1) is 0 Å². The highest BCUT2D eigenvalue weighted by atomic mass is 79.9. The molecular formula is C12H16Br3NO. The van der Waals surface area contributed by atoms with Crippen molar-refractivity contribution >= 4 is 53.5 Å². The van der Waals surface area contributed by atoms with Gasteiger partial charge in [0.1, 0.15) is 0 Å². The van der Waals surface area contributed by atoms with E-state index in [1.165, 1.54) is 0 Å². The Hall–Kier alpha value is 0.420. The Morgan fingerprint density at radius 3 is 2.29 bits per heavy atom. The molecule has 17 heavy (non-hydrogen) atoms. The van der Waals surface area contributed by atoms with E-state index in [2.05, 4.69) is 67.0 Å². The van der Waals surface area contributed by atoms with Gasteiger partial charge in [-0.3, -0.25) is 0 Å². The predicted molar refractivity (Wildman–Crippen MR) is 83.7 cm³/mol. The lowest BCUT2D eigenvalue weighted by molar-refractivity contribution is 0.118. The van der Waals surface area contributed by atoms with Crippen LogP contribution in [0, 0.1) is 5.92 Å². The van der Waals surface area contributed by atoms with Gasteiger partial charge in [-0.2, -0.15) is 0 Å². The van der Waals surface area contributed by atoms with Crippen molar-refractivity contribution in [2.75, 3.05) is 25.1 Å². The molecule has 0 atom stereocenters. The van der Waals surface area contributed by atoms with Crippen molar-refractivity contribution in [2.45, 2.75) is 13.8 Å². The summed E-state index contributed by atoms with van der Waals surface area (Å²) < 4.78 is 8.62. The highest BCUT2D eigenvalue weighted by molar-refractivity contribution is 9.11. The number of benzene rings is 1. The molecule has 0 fully saturated rings. The number of hydrogen-bond acceptors (Lipinski definition) is 2. The molecule has 1 aromatic carbocycles. The predicted octanol–water partition coefficient (Wildman–Crippen LogP) is 5.06. The van der Waals surface area contributed by atoms with Gasteiger partial charge < -0.3 is 10.1 Å². The molecule has 0 heterocycles. The van der Waals surface area contributed by atoms with Crippen LogP contribution in [-0.2, 0) is 4.74 Å². The van der Waals surface area contributed by atoms with E-state index in [1.807, 2.05) is 12.1 Å². The second kappa shape index (κ2) is 7.77. The molecule has 0 saturated carbocycles. The maximum Gasteiger partial charge on any atom is 0.0639 e. The van der Waals surface area contributed by atoms with Gasteiger partial charge in [0.25, 0.3) is 0 Å². The Morgan fingerprint density at radius 2 is 1.76 bits per heavy atom. The van der Waals surface area contributed by atoms with E-state index in [0.717, 1.165) is 32.3 Å². The third-order valence-corrected chi connectivity index (χ3v) is 3.71. The van der Waals surface area contributed by atoms with Crippen LogP contribution in [0.4, 0.5) is 5.69 Å². The summed E-state index contributed by atoms with van der Waals surface area (Å²) in [6.07, 6.45) is 0. The van der Waals surface area contributed by atoms with Crippen LogP contribution in [0.15, 0.2) is 25.6 Å². The largest absolute Gasteiger partial charge is 0.381 e. The van der Waals surface area contributed by atoms with Crippen LogP contribution < -0.4 is 5.32 Å². The van der Waals surface area contributed by atoms with Crippen molar-refractivity contribution in [2.24, 2.45) is 5.92 Å². The fourth-order valence-electron chi connectivity index (χ4n) is 1.28. The molecule has 0 amide bonds. The molecule has 2 nitrogen and oxygen atoms in total. The van der Waals surface area contributed by atoms with E-state index < -0.39 is 0 Å². The summed E-state index contributed by atoms with van der Waals surface area (Å²) >= 11 is 10.5. The van der Waals surface area contributed by atoms with Crippen molar-refractivity contribution in [3.63, 3.8) is 0 Å². The van der Waals surface area contributed by atoms with Gasteiger partial charge in [-0.25, -0.2) is 0 Å². The van der Waals surface area contributed by atoms with Crippen molar-refractivity contribution in [1.82, 2.24) is 0 Å². The zero-order valence-corrected chi connectivity index (χ0v) is 14.7. The lowest BCUT2D eigenvalue weighted by Crippen LogP contribution is -2.12. The molecule has 0 aliphatic heterocycles. The number of nitrogens with one attached hydrogen (secondary N) is 1. The lowest BCUT2D eigenvalue weighted by Gasteiger charge is -2.12. The zero-order chi connectivity index (χ0) is 12.8. The average molecular weight is 430 g/mol. The third-order valence-electron chi connectivity index (χ3n) is 2.01. The smallest absolute Gasteiger partial charge is 0.0639 e. The SMILES string of the molecule is CC(C)COCCNc1c(Br)cc(Br)cc1Br. The molecule has 0 aromatic heterocycles. The first-order valence-corrected chi connectivity index (χ1v) is 7.84. The van der Waals surface area contributed by atoms with E-state index in [0.29, 0.717) is 12.5 Å². The number of rotatable bonds is 6. The quantitative estimate of drug-likeness (QED) is 0.638. The third kappa shape index (κ3) is 5.73. The summed E-state index contributed by atoms with van der Waals surface area (Å²) in [4.78, 5) is 0. The lowest BCUT2D eigenvalue weighted by atomic mass is 10.2. The Balaban J connectivity index is 2.42. The van der Waals surface area contributed by atoms with Crippen LogP contribution in [0.2, 0.25) is 0 Å². The Labute approximate surface area is 128 Å². The van der Waals surface area contributed by atoms with Gasteiger partial charge in [0.05, 0.1) is 12.3 Å². The minimum Gasteiger partial charge on any atom is -0.381 e. The van der Waals surface area contributed by atoms with E-state index in [-0.39, 0.29) is 0 Å². The molecule has 0 radical (unpaired) electrons.